The van der Waals surface area contributed by atoms with Crippen molar-refractivity contribution in [1.29, 1.82) is 0 Å². The molecule has 0 amide bonds. The lowest BCUT2D eigenvalue weighted by Crippen LogP contribution is -2.18. The molecular formula is C19H19O6P. The van der Waals surface area contributed by atoms with Crippen molar-refractivity contribution < 1.29 is 28.0 Å². The number of rotatable bonds is 7. The first kappa shape index (κ1) is 16.3. The Balaban J connectivity index is 1.59. The molecule has 0 saturated carbocycles. The first-order valence-corrected chi connectivity index (χ1v) is 10.3. The first-order valence-electron chi connectivity index (χ1n) is 8.63. The third-order valence-corrected chi connectivity index (χ3v) is 7.40. The second-order valence-electron chi connectivity index (χ2n) is 6.57. The van der Waals surface area contributed by atoms with E-state index < -0.39 is 7.37 Å². The summed E-state index contributed by atoms with van der Waals surface area (Å²) in [5.41, 5.74) is 1.74. The number of fused-ring (bicyclic) bond motifs is 3. The minimum atomic E-state index is -3.32. The lowest BCUT2D eigenvalue weighted by molar-refractivity contribution is 0.263. The molecule has 136 valence electrons. The highest BCUT2D eigenvalue weighted by molar-refractivity contribution is 7.76. The van der Waals surface area contributed by atoms with Gasteiger partial charge in [-0.15, -0.1) is 0 Å². The lowest BCUT2D eigenvalue weighted by atomic mass is 10.1. The van der Waals surface area contributed by atoms with Gasteiger partial charge in [0.05, 0.1) is 23.8 Å². The van der Waals surface area contributed by atoms with Crippen LogP contribution < -0.4 is 20.1 Å². The van der Waals surface area contributed by atoms with E-state index in [1.54, 1.807) is 0 Å². The van der Waals surface area contributed by atoms with Crippen molar-refractivity contribution in [3.63, 3.8) is 0 Å². The summed E-state index contributed by atoms with van der Waals surface area (Å²) < 4.78 is 41.8. The van der Waals surface area contributed by atoms with Crippen LogP contribution in [0.5, 0.6) is 11.5 Å². The number of epoxide rings is 2. The molecular weight excluding hydrogens is 355 g/mol. The van der Waals surface area contributed by atoms with Gasteiger partial charge in [-0.3, -0.25) is 4.57 Å². The van der Waals surface area contributed by atoms with Crippen LogP contribution in [0.4, 0.5) is 0 Å². The number of hydrogen-bond donors (Lipinski definition) is 0. The van der Waals surface area contributed by atoms with Crippen molar-refractivity contribution in [1.82, 2.24) is 0 Å². The summed E-state index contributed by atoms with van der Waals surface area (Å²) in [6.45, 7) is 2.30. The van der Waals surface area contributed by atoms with Crippen LogP contribution in [0.15, 0.2) is 36.4 Å². The molecule has 2 aromatic carbocycles. The van der Waals surface area contributed by atoms with Crippen molar-refractivity contribution in [2.24, 2.45) is 0 Å². The molecule has 2 unspecified atom stereocenters. The Kier molecular flexibility index (Phi) is 3.83. The van der Waals surface area contributed by atoms with Gasteiger partial charge < -0.3 is 23.5 Å². The zero-order valence-corrected chi connectivity index (χ0v) is 15.2. The molecule has 2 aromatic rings. The molecule has 3 aliphatic rings. The highest BCUT2D eigenvalue weighted by Crippen LogP contribution is 2.57. The maximum atomic E-state index is 13.9. The standard InChI is InChI=1S/C19H19O6P/c1-21-26(20)18-14(4-2-6-16(18)24-10-12-8-22-12)15-5-3-7-17(19(15)26)25-11-13-9-23-13/h2-7,12-13H,8-11H2,1H3. The van der Waals surface area contributed by atoms with Crippen molar-refractivity contribution in [2.75, 3.05) is 33.5 Å². The quantitative estimate of drug-likeness (QED) is 0.546. The number of benzene rings is 2. The van der Waals surface area contributed by atoms with E-state index in [-0.39, 0.29) is 12.2 Å². The van der Waals surface area contributed by atoms with Crippen LogP contribution in [0.1, 0.15) is 0 Å². The minimum Gasteiger partial charge on any atom is -0.490 e. The van der Waals surface area contributed by atoms with E-state index in [1.807, 2.05) is 36.4 Å². The van der Waals surface area contributed by atoms with Crippen molar-refractivity contribution in [2.45, 2.75) is 12.2 Å². The Labute approximate surface area is 151 Å². The van der Waals surface area contributed by atoms with Gasteiger partial charge in [-0.25, -0.2) is 0 Å². The molecule has 0 spiro atoms. The summed E-state index contributed by atoms with van der Waals surface area (Å²) in [5.74, 6) is 1.16. The smallest absolute Gasteiger partial charge is 0.269 e. The molecule has 3 heterocycles. The molecule has 3 aliphatic heterocycles. The van der Waals surface area contributed by atoms with Crippen LogP contribution in [0, 0.1) is 0 Å². The molecule has 0 aliphatic carbocycles. The molecule has 5 rings (SSSR count). The molecule has 26 heavy (non-hydrogen) atoms. The average molecular weight is 374 g/mol. The molecule has 7 heteroatoms. The maximum absolute atomic E-state index is 13.9. The molecule has 2 saturated heterocycles. The number of ether oxygens (including phenoxy) is 4. The normalized spacial score (nSPS) is 27.6. The molecule has 2 atom stereocenters. The summed E-state index contributed by atoms with van der Waals surface area (Å²) in [7, 11) is -1.84. The Morgan fingerprint density at radius 2 is 1.38 bits per heavy atom. The maximum Gasteiger partial charge on any atom is 0.269 e. The Bertz CT molecular complexity index is 833. The van der Waals surface area contributed by atoms with Crippen LogP contribution in [-0.4, -0.2) is 45.7 Å². The van der Waals surface area contributed by atoms with E-state index in [0.29, 0.717) is 48.5 Å². The SMILES string of the molecule is COP1(=O)c2c(OCC3CO3)cccc2-c2cccc(OCC3CO3)c21. The molecule has 2 fully saturated rings. The van der Waals surface area contributed by atoms with Crippen LogP contribution in [-0.2, 0) is 18.6 Å². The molecule has 0 radical (unpaired) electrons. The highest BCUT2D eigenvalue weighted by Gasteiger charge is 2.45. The first-order chi connectivity index (χ1) is 12.7. The van der Waals surface area contributed by atoms with Crippen LogP contribution >= 0.6 is 7.37 Å². The highest BCUT2D eigenvalue weighted by atomic mass is 31.2. The number of hydrogen-bond acceptors (Lipinski definition) is 6. The lowest BCUT2D eigenvalue weighted by Gasteiger charge is -2.18. The third-order valence-electron chi connectivity index (χ3n) is 4.79. The van der Waals surface area contributed by atoms with E-state index in [2.05, 4.69) is 0 Å². The second-order valence-corrected chi connectivity index (χ2v) is 8.93. The fourth-order valence-corrected chi connectivity index (χ4v) is 5.78. The zero-order chi connectivity index (χ0) is 17.7. The van der Waals surface area contributed by atoms with E-state index in [0.717, 1.165) is 11.1 Å². The fraction of sp³-hybridized carbons (Fsp3) is 0.368. The van der Waals surface area contributed by atoms with Gasteiger partial charge in [-0.1, -0.05) is 24.3 Å². The van der Waals surface area contributed by atoms with Crippen molar-refractivity contribution >= 4 is 18.0 Å². The Hall–Kier alpha value is -1.85. The average Bonchev–Trinajstić information content (AvgIpc) is 3.58. The summed E-state index contributed by atoms with van der Waals surface area (Å²) in [6, 6.07) is 11.4. The van der Waals surface area contributed by atoms with Gasteiger partial charge in [0.15, 0.2) is 0 Å². The Morgan fingerprint density at radius 1 is 0.923 bits per heavy atom. The summed E-state index contributed by atoms with van der Waals surface area (Å²) >= 11 is 0. The van der Waals surface area contributed by atoms with Crippen LogP contribution in [0.3, 0.4) is 0 Å². The minimum absolute atomic E-state index is 0.119. The Morgan fingerprint density at radius 3 is 1.77 bits per heavy atom. The third kappa shape index (κ3) is 2.65. The predicted octanol–water partition coefficient (Wildman–Crippen LogP) is 2.10. The van der Waals surface area contributed by atoms with Gasteiger partial charge in [0.2, 0.25) is 0 Å². The van der Waals surface area contributed by atoms with Crippen molar-refractivity contribution in [3.8, 4) is 22.6 Å². The van der Waals surface area contributed by atoms with E-state index in [1.165, 1.54) is 7.11 Å². The summed E-state index contributed by atoms with van der Waals surface area (Å²) in [6.07, 6.45) is 0.239. The van der Waals surface area contributed by atoms with Crippen LogP contribution in [0.25, 0.3) is 11.1 Å². The molecule has 0 N–H and O–H groups in total. The van der Waals surface area contributed by atoms with E-state index >= 15 is 0 Å². The molecule has 6 nitrogen and oxygen atoms in total. The van der Waals surface area contributed by atoms with Gasteiger partial charge in [0.25, 0.3) is 7.37 Å². The molecule has 0 aromatic heterocycles. The van der Waals surface area contributed by atoms with Gasteiger partial charge in [0, 0.05) is 7.11 Å². The second kappa shape index (κ2) is 6.10. The van der Waals surface area contributed by atoms with E-state index in [4.69, 9.17) is 23.5 Å². The summed E-state index contributed by atoms with van der Waals surface area (Å²) in [5, 5.41) is 1.22. The molecule has 0 bridgehead atoms. The van der Waals surface area contributed by atoms with Gasteiger partial charge in [-0.2, -0.15) is 0 Å². The topological polar surface area (TPSA) is 69.8 Å². The zero-order valence-electron chi connectivity index (χ0n) is 14.3. The van der Waals surface area contributed by atoms with E-state index in [9.17, 15) is 4.57 Å². The van der Waals surface area contributed by atoms with Crippen LogP contribution in [0.2, 0.25) is 0 Å². The van der Waals surface area contributed by atoms with Gasteiger partial charge in [0.1, 0.15) is 36.9 Å². The largest absolute Gasteiger partial charge is 0.490 e. The van der Waals surface area contributed by atoms with Crippen molar-refractivity contribution in [3.05, 3.63) is 36.4 Å². The fourth-order valence-electron chi connectivity index (χ4n) is 3.31. The summed E-state index contributed by atoms with van der Waals surface area (Å²) in [4.78, 5) is 0. The van der Waals surface area contributed by atoms with Gasteiger partial charge >= 0.3 is 0 Å². The predicted molar refractivity (Wildman–Crippen MR) is 96.2 cm³/mol. The monoisotopic (exact) mass is 374 g/mol. The van der Waals surface area contributed by atoms with Gasteiger partial charge in [-0.05, 0) is 23.3 Å².